The first kappa shape index (κ1) is 22.8. The molecule has 0 saturated heterocycles. The van der Waals surface area contributed by atoms with Gasteiger partial charge in [-0.25, -0.2) is 0 Å². The van der Waals surface area contributed by atoms with Gasteiger partial charge in [0.15, 0.2) is 0 Å². The number of hydrogen-bond donors (Lipinski definition) is 1. The third-order valence-electron chi connectivity index (χ3n) is 2.29. The predicted molar refractivity (Wildman–Crippen MR) is 109 cm³/mol. The number of hydrogen-bond acceptors (Lipinski definition) is 4. The van der Waals surface area contributed by atoms with E-state index in [0.29, 0.717) is 9.82 Å². The standard InChI is InChI=1S/C4H10N.C4H9.6Al.IN3.9H/c1-4(2,3)5;1-4(2)3;;;;;;;2-1(3)4;;;;;;;;;/h5H,1-3H3;1-3H3;;;;;;;;;;;;;;;;/q-1;;;;;;;+1;;;;;;;;;;. The van der Waals surface area contributed by atoms with Gasteiger partial charge in [-0.2, -0.15) is 0 Å². The van der Waals surface area contributed by atoms with Gasteiger partial charge in [-0.15, -0.1) is 0 Å². The summed E-state index contributed by atoms with van der Waals surface area (Å²) in [5.41, 5.74) is 0.292. The van der Waals surface area contributed by atoms with Crippen molar-refractivity contribution >= 4 is 118 Å². The van der Waals surface area contributed by atoms with Gasteiger partial charge in [0.25, 0.3) is 0 Å². The van der Waals surface area contributed by atoms with Crippen LogP contribution in [0, 0.1) is 0 Å². The number of halogens is 1. The van der Waals surface area contributed by atoms with Gasteiger partial charge in [-0.3, -0.25) is 0 Å². The third kappa shape index (κ3) is 11.9. The van der Waals surface area contributed by atoms with Crippen LogP contribution in [0.5, 0.6) is 0 Å². The van der Waals surface area contributed by atoms with Crippen LogP contribution in [0.2, 0.25) is 4.28 Å². The van der Waals surface area contributed by atoms with E-state index in [9.17, 15) is 0 Å². The fourth-order valence-corrected chi connectivity index (χ4v) is 52.0. The zero-order chi connectivity index (χ0) is 15.4. The van der Waals surface area contributed by atoms with Gasteiger partial charge in [-0.1, -0.05) is 0 Å². The number of rotatable bonds is 6. The van der Waals surface area contributed by atoms with E-state index in [1.165, 1.54) is 49.5 Å². The summed E-state index contributed by atoms with van der Waals surface area (Å²) < 4.78 is 12.9. The van der Waals surface area contributed by atoms with Crippen molar-refractivity contribution in [1.82, 2.24) is 7.54 Å². The Kier molecular flexibility index (Phi) is 11.9. The molecule has 0 spiro atoms. The minimum absolute atomic E-state index is 0.0855. The molecule has 4 nitrogen and oxygen atoms in total. The Morgan fingerprint density at radius 3 is 1.79 bits per heavy atom. The molecule has 0 aliphatic rings. The molecular weight excluding hydrogens is 441 g/mol. The van der Waals surface area contributed by atoms with Crippen molar-refractivity contribution in [1.29, 1.82) is 0 Å². The zero-order valence-corrected chi connectivity index (χ0v) is 26.7. The fraction of sp³-hybridized carbons (Fsp3) is 1.00. The summed E-state index contributed by atoms with van der Waals surface area (Å²) in [6.07, 6.45) is 0. The molecule has 0 aliphatic heterocycles. The average molecular weight is 469 g/mol. The van der Waals surface area contributed by atoms with E-state index in [-0.39, 0.29) is 31.1 Å². The van der Waals surface area contributed by atoms with Crippen LogP contribution < -0.4 is 4.30 Å². The first-order valence-corrected chi connectivity index (χ1v) is 15.6. The second kappa shape index (κ2) is 9.92. The van der Waals surface area contributed by atoms with E-state index in [1.54, 1.807) is 0 Å². The molecule has 0 bridgehead atoms. The van der Waals surface area contributed by atoms with Crippen LogP contribution in [0.15, 0.2) is 0 Å². The Morgan fingerprint density at radius 1 is 1.00 bits per heavy atom. The SMILES string of the molecule is CC(C)(C)[NH][AlH][N]([AlH2])I([N]([AlH])[AlH2])[N]([AlH2])[AlH][C](C)(C)C. The number of nitrogens with zero attached hydrogens (tertiary/aromatic N) is 3. The van der Waals surface area contributed by atoms with Crippen LogP contribution >= 0.6 is 20.6 Å². The summed E-state index contributed by atoms with van der Waals surface area (Å²) in [5.74, 6) is 0. The molecule has 1 radical (unpaired) electrons. The van der Waals surface area contributed by atoms with Gasteiger partial charge in [0.05, 0.1) is 0 Å². The molecule has 19 heavy (non-hydrogen) atoms. The van der Waals surface area contributed by atoms with Crippen molar-refractivity contribution in [3.05, 3.63) is 0 Å². The van der Waals surface area contributed by atoms with Crippen molar-refractivity contribution in [2.24, 2.45) is 0 Å². The van der Waals surface area contributed by atoms with Crippen molar-refractivity contribution in [2.75, 3.05) is 0 Å². The molecule has 1 N–H and O–H groups in total. The third-order valence-corrected chi connectivity index (χ3v) is 24.1. The van der Waals surface area contributed by atoms with Crippen LogP contribution in [0.1, 0.15) is 41.5 Å². The summed E-state index contributed by atoms with van der Waals surface area (Å²) in [6, 6.07) is 0. The van der Waals surface area contributed by atoms with Gasteiger partial charge >= 0.3 is 177 Å². The van der Waals surface area contributed by atoms with Gasteiger partial charge < -0.3 is 0 Å². The van der Waals surface area contributed by atoms with E-state index >= 15 is 0 Å². The molecule has 0 atom stereocenters. The first-order valence-electron chi connectivity index (χ1n) is 6.75. The second-order valence-corrected chi connectivity index (χ2v) is 35.9. The summed E-state index contributed by atoms with van der Waals surface area (Å²) in [5, 5.41) is 0. The van der Waals surface area contributed by atoms with Crippen molar-refractivity contribution in [3.8, 4) is 0 Å². The minimum atomic E-state index is -1.12. The normalized spacial score (nSPS) is 14.1. The Labute approximate surface area is 174 Å². The van der Waals surface area contributed by atoms with Crippen LogP contribution in [0.4, 0.5) is 0 Å². The van der Waals surface area contributed by atoms with Gasteiger partial charge in [-0.05, 0) is 0 Å². The summed E-state index contributed by atoms with van der Waals surface area (Å²) in [4.78, 5) is 0. The van der Waals surface area contributed by atoms with Crippen molar-refractivity contribution < 1.29 is 0 Å². The van der Waals surface area contributed by atoms with Gasteiger partial charge in [0.1, 0.15) is 0 Å². The van der Waals surface area contributed by atoms with Gasteiger partial charge in [0, 0.05) is 0 Å². The van der Waals surface area contributed by atoms with E-state index in [4.69, 9.17) is 0 Å². The van der Waals surface area contributed by atoms with E-state index in [1.807, 2.05) is 0 Å². The Morgan fingerprint density at radius 2 is 1.47 bits per heavy atom. The number of nitrogens with one attached hydrogen (secondary N) is 1. The molecule has 0 aliphatic carbocycles. The molecule has 11 heteroatoms. The molecule has 105 valence electrons. The average Bonchev–Trinajstić information content (AvgIpc) is 2.09. The molecule has 0 unspecified atom stereocenters. The fourth-order valence-electron chi connectivity index (χ4n) is 1.77. The van der Waals surface area contributed by atoms with E-state index in [2.05, 4.69) is 65.6 Å². The summed E-state index contributed by atoms with van der Waals surface area (Å²) in [7, 11) is 0. The van der Waals surface area contributed by atoms with Crippen molar-refractivity contribution in [2.45, 2.75) is 51.4 Å². The quantitative estimate of drug-likeness (QED) is 0.272. The van der Waals surface area contributed by atoms with Crippen LogP contribution in [-0.4, -0.2) is 106 Å². The molecule has 0 aromatic heterocycles. The molecule has 0 fully saturated rings. The predicted octanol–water partition coefficient (Wildman–Crippen LogP) is -2.17. The molecule has 0 amide bonds. The Balaban J connectivity index is 4.63. The maximum atomic E-state index is 3.81. The molecule has 0 rings (SSSR count). The molecule has 0 heterocycles. The maximum absolute atomic E-state index is 3.81. The molecule has 0 aromatic carbocycles. The molecule has 0 aromatic rings. The summed E-state index contributed by atoms with van der Waals surface area (Å²) >= 11 is 4.42. The summed E-state index contributed by atoms with van der Waals surface area (Å²) in [6.45, 7) is 14.2. The van der Waals surface area contributed by atoms with Crippen LogP contribution in [-0.2, 0) is 0 Å². The second-order valence-electron chi connectivity index (χ2n) is 7.34. The topological polar surface area (TPSA) is 21.8 Å². The first-order chi connectivity index (χ1) is 8.33. The van der Waals surface area contributed by atoms with Gasteiger partial charge in [0.2, 0.25) is 0 Å². The van der Waals surface area contributed by atoms with E-state index in [0.717, 1.165) is 0 Å². The van der Waals surface area contributed by atoms with E-state index < -0.39 is 20.6 Å². The van der Waals surface area contributed by atoms with Crippen LogP contribution in [0.3, 0.4) is 0 Å². The van der Waals surface area contributed by atoms with Crippen LogP contribution in [0.25, 0.3) is 0 Å². The molecular formula is C8H28Al6IN4. The Hall–Kier alpha value is 3.76. The zero-order valence-electron chi connectivity index (χ0n) is 14.3. The monoisotopic (exact) mass is 469 g/mol. The molecule has 0 saturated carbocycles. The Bertz CT molecular complexity index is 269. The van der Waals surface area contributed by atoms with Crippen molar-refractivity contribution in [3.63, 3.8) is 0 Å².